The molecule has 1 fully saturated rings. The van der Waals surface area contributed by atoms with Crippen molar-refractivity contribution in [3.8, 4) is 17.0 Å². The lowest BCUT2D eigenvalue weighted by Gasteiger charge is -2.35. The second kappa shape index (κ2) is 8.92. The Hall–Kier alpha value is -2.79. The van der Waals surface area contributed by atoms with Crippen molar-refractivity contribution in [2.45, 2.75) is 52.1 Å². The van der Waals surface area contributed by atoms with Gasteiger partial charge in [0.1, 0.15) is 18.0 Å². The number of hydrogen-bond donors (Lipinski definition) is 1. The lowest BCUT2D eigenvalue weighted by atomic mass is 9.99. The topological polar surface area (TPSA) is 55.8 Å². The second-order valence-corrected chi connectivity index (χ2v) is 8.40. The number of nitrogens with two attached hydrogens (primary N) is 1. The summed E-state index contributed by atoms with van der Waals surface area (Å²) < 4.78 is 7.93. The SMILES string of the molecule is C=C(C)COc1ccc(-c2nc3ccc(N)cn3c2CN2CCCCC2CC)cc1. The molecule has 2 N–H and O–H groups in total. The number of imidazole rings is 1. The highest BCUT2D eigenvalue weighted by molar-refractivity contribution is 5.68. The molecule has 0 radical (unpaired) electrons. The maximum absolute atomic E-state index is 6.12. The fourth-order valence-electron chi connectivity index (χ4n) is 4.33. The monoisotopic (exact) mass is 404 g/mol. The smallest absolute Gasteiger partial charge is 0.137 e. The van der Waals surface area contributed by atoms with Gasteiger partial charge in [-0.1, -0.05) is 19.9 Å². The first-order valence-corrected chi connectivity index (χ1v) is 10.9. The number of ether oxygens (including phenoxy) is 1. The van der Waals surface area contributed by atoms with Gasteiger partial charge in [-0.25, -0.2) is 4.98 Å². The maximum atomic E-state index is 6.12. The van der Waals surface area contributed by atoms with Crippen LogP contribution in [0.2, 0.25) is 0 Å². The third kappa shape index (κ3) is 4.36. The maximum Gasteiger partial charge on any atom is 0.137 e. The molecule has 5 nitrogen and oxygen atoms in total. The van der Waals surface area contributed by atoms with Gasteiger partial charge in [-0.15, -0.1) is 0 Å². The summed E-state index contributed by atoms with van der Waals surface area (Å²) >= 11 is 0. The third-order valence-corrected chi connectivity index (χ3v) is 5.93. The van der Waals surface area contributed by atoms with Crippen molar-refractivity contribution < 1.29 is 4.74 Å². The largest absolute Gasteiger partial charge is 0.489 e. The highest BCUT2D eigenvalue weighted by Gasteiger charge is 2.24. The van der Waals surface area contributed by atoms with E-state index in [0.717, 1.165) is 47.0 Å². The van der Waals surface area contributed by atoms with E-state index in [9.17, 15) is 0 Å². The average molecular weight is 405 g/mol. The van der Waals surface area contributed by atoms with E-state index < -0.39 is 0 Å². The van der Waals surface area contributed by atoms with E-state index in [4.69, 9.17) is 15.5 Å². The standard InChI is InChI=1S/C25H32N4O/c1-4-21-7-5-6-14-28(21)16-23-25(27-24-13-10-20(26)15-29(23)24)19-8-11-22(12-9-19)30-17-18(2)3/h8-13,15,21H,2,4-7,14,16-17,26H2,1,3H3. The molecule has 0 bridgehead atoms. The van der Waals surface area contributed by atoms with Crippen LogP contribution < -0.4 is 10.5 Å². The Bertz CT molecular complexity index is 1020. The summed E-state index contributed by atoms with van der Waals surface area (Å²) in [6.45, 7) is 10.7. The Labute approximate surface area is 179 Å². The summed E-state index contributed by atoms with van der Waals surface area (Å²) in [5, 5.41) is 0. The molecule has 1 saturated heterocycles. The molecule has 1 aliphatic heterocycles. The molecule has 0 saturated carbocycles. The molecule has 1 atom stereocenters. The van der Waals surface area contributed by atoms with Gasteiger partial charge in [0.05, 0.1) is 11.4 Å². The molecule has 3 heterocycles. The molecule has 1 aliphatic rings. The van der Waals surface area contributed by atoms with Gasteiger partial charge in [-0.2, -0.15) is 0 Å². The predicted octanol–water partition coefficient (Wildman–Crippen LogP) is 5.30. The van der Waals surface area contributed by atoms with Crippen LogP contribution in [-0.4, -0.2) is 33.5 Å². The molecule has 1 unspecified atom stereocenters. The molecule has 0 aliphatic carbocycles. The number of pyridine rings is 1. The number of nitrogen functional groups attached to an aromatic ring is 1. The molecule has 0 spiro atoms. The van der Waals surface area contributed by atoms with Gasteiger partial charge in [0, 0.05) is 30.0 Å². The Morgan fingerprint density at radius 1 is 1.20 bits per heavy atom. The van der Waals surface area contributed by atoms with Crippen LogP contribution in [0.5, 0.6) is 5.75 Å². The molecular weight excluding hydrogens is 372 g/mol. The van der Waals surface area contributed by atoms with E-state index in [1.54, 1.807) is 0 Å². The number of piperidine rings is 1. The average Bonchev–Trinajstić information content (AvgIpc) is 3.10. The summed E-state index contributed by atoms with van der Waals surface area (Å²) in [4.78, 5) is 7.59. The predicted molar refractivity (Wildman–Crippen MR) is 124 cm³/mol. The van der Waals surface area contributed by atoms with Gasteiger partial charge in [-0.05, 0) is 74.7 Å². The van der Waals surface area contributed by atoms with Gasteiger partial charge in [-0.3, -0.25) is 4.90 Å². The van der Waals surface area contributed by atoms with Gasteiger partial charge in [0.2, 0.25) is 0 Å². The molecule has 3 aromatic rings. The van der Waals surface area contributed by atoms with Crippen molar-refractivity contribution in [2.24, 2.45) is 0 Å². The number of aromatic nitrogens is 2. The summed E-state index contributed by atoms with van der Waals surface area (Å²) in [7, 11) is 0. The zero-order valence-corrected chi connectivity index (χ0v) is 18.1. The van der Waals surface area contributed by atoms with Crippen LogP contribution >= 0.6 is 0 Å². The van der Waals surface area contributed by atoms with Crippen LogP contribution in [-0.2, 0) is 6.54 Å². The molecule has 2 aromatic heterocycles. The minimum absolute atomic E-state index is 0.533. The quantitative estimate of drug-likeness (QED) is 0.543. The van der Waals surface area contributed by atoms with Crippen LogP contribution in [0.1, 0.15) is 45.2 Å². The first-order valence-electron chi connectivity index (χ1n) is 10.9. The number of nitrogens with zero attached hydrogens (tertiary/aromatic N) is 3. The third-order valence-electron chi connectivity index (χ3n) is 5.93. The summed E-state index contributed by atoms with van der Waals surface area (Å²) in [6.07, 6.45) is 7.05. The number of anilines is 1. The van der Waals surface area contributed by atoms with Gasteiger partial charge in [0.15, 0.2) is 0 Å². The Morgan fingerprint density at radius 2 is 2.00 bits per heavy atom. The first-order chi connectivity index (χ1) is 14.5. The molecule has 1 aromatic carbocycles. The Morgan fingerprint density at radius 3 is 2.73 bits per heavy atom. The van der Waals surface area contributed by atoms with Gasteiger partial charge < -0.3 is 14.9 Å². The lowest BCUT2D eigenvalue weighted by Crippen LogP contribution is -2.38. The van der Waals surface area contributed by atoms with Crippen molar-refractivity contribution in [3.63, 3.8) is 0 Å². The van der Waals surface area contributed by atoms with E-state index in [0.29, 0.717) is 12.6 Å². The van der Waals surface area contributed by atoms with Crippen LogP contribution in [0.3, 0.4) is 0 Å². The second-order valence-electron chi connectivity index (χ2n) is 8.40. The van der Waals surface area contributed by atoms with Crippen molar-refractivity contribution >= 4 is 11.3 Å². The van der Waals surface area contributed by atoms with Gasteiger partial charge in [0.25, 0.3) is 0 Å². The molecule has 30 heavy (non-hydrogen) atoms. The minimum Gasteiger partial charge on any atom is -0.489 e. The fourth-order valence-corrected chi connectivity index (χ4v) is 4.33. The van der Waals surface area contributed by atoms with Crippen molar-refractivity contribution in [3.05, 3.63) is 60.4 Å². The fraction of sp³-hybridized carbons (Fsp3) is 0.400. The van der Waals surface area contributed by atoms with Crippen molar-refractivity contribution in [1.82, 2.24) is 14.3 Å². The zero-order chi connectivity index (χ0) is 21.1. The minimum atomic E-state index is 0.533. The highest BCUT2D eigenvalue weighted by Crippen LogP contribution is 2.30. The number of rotatable bonds is 7. The molecule has 0 amide bonds. The first kappa shape index (κ1) is 20.5. The molecule has 158 valence electrons. The highest BCUT2D eigenvalue weighted by atomic mass is 16.5. The van der Waals surface area contributed by atoms with Crippen LogP contribution in [0.15, 0.2) is 54.7 Å². The number of benzene rings is 1. The lowest BCUT2D eigenvalue weighted by molar-refractivity contribution is 0.134. The number of likely N-dealkylation sites (tertiary alicyclic amines) is 1. The molecule has 4 rings (SSSR count). The van der Waals surface area contributed by atoms with E-state index in [1.165, 1.54) is 31.4 Å². The van der Waals surface area contributed by atoms with E-state index in [1.807, 2.05) is 37.4 Å². The summed E-state index contributed by atoms with van der Waals surface area (Å²) in [6, 6.07) is 12.8. The number of fused-ring (bicyclic) bond motifs is 1. The van der Waals surface area contributed by atoms with E-state index >= 15 is 0 Å². The van der Waals surface area contributed by atoms with Crippen LogP contribution in [0, 0.1) is 0 Å². The summed E-state index contributed by atoms with van der Waals surface area (Å²) in [5.41, 5.74) is 12.1. The normalized spacial score (nSPS) is 17.3. The van der Waals surface area contributed by atoms with Crippen molar-refractivity contribution in [2.75, 3.05) is 18.9 Å². The van der Waals surface area contributed by atoms with Crippen LogP contribution in [0.4, 0.5) is 5.69 Å². The van der Waals surface area contributed by atoms with E-state index in [2.05, 4.69) is 34.9 Å². The Kier molecular flexibility index (Phi) is 6.09. The molecule has 5 heteroatoms. The molecular formula is C25H32N4O. The Balaban J connectivity index is 1.70. The number of hydrogen-bond acceptors (Lipinski definition) is 4. The van der Waals surface area contributed by atoms with Gasteiger partial charge >= 0.3 is 0 Å². The van der Waals surface area contributed by atoms with E-state index in [-0.39, 0.29) is 0 Å². The van der Waals surface area contributed by atoms with Crippen LogP contribution in [0.25, 0.3) is 16.9 Å². The summed E-state index contributed by atoms with van der Waals surface area (Å²) in [5.74, 6) is 0.846. The van der Waals surface area contributed by atoms with Crippen molar-refractivity contribution in [1.29, 1.82) is 0 Å². The zero-order valence-electron chi connectivity index (χ0n) is 18.1.